The minimum absolute atomic E-state index is 0.0144. The molecule has 0 fully saturated rings. The molecule has 0 saturated carbocycles. The number of carbonyl (C=O) groups is 1. The van der Waals surface area contributed by atoms with E-state index in [4.69, 9.17) is 5.41 Å². The molecule has 2 N–H and O–H groups in total. The van der Waals surface area contributed by atoms with Crippen molar-refractivity contribution in [2.45, 2.75) is 51.2 Å². The summed E-state index contributed by atoms with van der Waals surface area (Å²) in [4.78, 5) is 11.1. The van der Waals surface area contributed by atoms with Crippen LogP contribution in [0.1, 0.15) is 45.6 Å². The first kappa shape index (κ1) is 22.1. The van der Waals surface area contributed by atoms with Gasteiger partial charge in [0.05, 0.1) is 5.75 Å². The largest absolute Gasteiger partial charge is 0.321 e. The highest BCUT2D eigenvalue weighted by Crippen LogP contribution is 2.29. The Labute approximate surface area is 151 Å². The summed E-state index contributed by atoms with van der Waals surface area (Å²) >= 11 is 0. The minimum Gasteiger partial charge on any atom is -0.321 e. The van der Waals surface area contributed by atoms with Crippen LogP contribution in [0.5, 0.6) is 0 Å². The first-order valence-electron chi connectivity index (χ1n) is 8.02. The van der Waals surface area contributed by atoms with Crippen LogP contribution in [0, 0.1) is 11.2 Å². The third-order valence-corrected chi connectivity index (χ3v) is 7.06. The molecule has 0 bridgehead atoms. The molecule has 5 nitrogen and oxygen atoms in total. The Morgan fingerprint density at radius 3 is 2.38 bits per heavy atom. The summed E-state index contributed by atoms with van der Waals surface area (Å²) in [7, 11) is -3.78. The minimum atomic E-state index is -3.78. The SMILES string of the molecule is CCC(=N)C(C)(C)S(=O)(=O)C[C@H](C)c1cc(NC(=O)C(F)F)ccc1F. The number of nitrogens with one attached hydrogen (secondary N) is 2. The van der Waals surface area contributed by atoms with Gasteiger partial charge in [0, 0.05) is 11.4 Å². The molecule has 0 aliphatic heterocycles. The number of anilines is 1. The van der Waals surface area contributed by atoms with Gasteiger partial charge in [0.15, 0.2) is 9.84 Å². The third kappa shape index (κ3) is 4.84. The number of halogens is 3. The van der Waals surface area contributed by atoms with Crippen LogP contribution in [0.15, 0.2) is 18.2 Å². The van der Waals surface area contributed by atoms with Crippen LogP contribution in [0.3, 0.4) is 0 Å². The molecule has 0 spiro atoms. The molecule has 1 amide bonds. The van der Waals surface area contributed by atoms with E-state index in [1.807, 2.05) is 5.32 Å². The summed E-state index contributed by atoms with van der Waals surface area (Å²) in [6.45, 7) is 6.02. The van der Waals surface area contributed by atoms with Gasteiger partial charge in [-0.15, -0.1) is 0 Å². The van der Waals surface area contributed by atoms with Gasteiger partial charge >= 0.3 is 6.43 Å². The van der Waals surface area contributed by atoms with E-state index in [0.717, 1.165) is 18.2 Å². The van der Waals surface area contributed by atoms with Gasteiger partial charge in [-0.05, 0) is 49.9 Å². The molecule has 0 heterocycles. The van der Waals surface area contributed by atoms with Crippen molar-refractivity contribution in [2.75, 3.05) is 11.1 Å². The molecule has 0 radical (unpaired) electrons. The molecule has 1 rings (SSSR count). The van der Waals surface area contributed by atoms with Gasteiger partial charge in [0.1, 0.15) is 10.6 Å². The van der Waals surface area contributed by atoms with Crippen molar-refractivity contribution in [1.82, 2.24) is 0 Å². The standard InChI is InChI=1S/C17H23F3N2O3S/c1-5-14(21)17(3,4)26(24,25)9-10(2)12-8-11(6-7-13(12)18)22-16(23)15(19)20/h6-8,10,15,21H,5,9H2,1-4H3,(H,22,23)/t10-/m0/s1. The highest BCUT2D eigenvalue weighted by Gasteiger charge is 2.38. The van der Waals surface area contributed by atoms with E-state index in [1.165, 1.54) is 20.8 Å². The van der Waals surface area contributed by atoms with E-state index < -0.39 is 44.4 Å². The molecule has 0 unspecified atom stereocenters. The third-order valence-electron chi connectivity index (χ3n) is 4.32. The van der Waals surface area contributed by atoms with Gasteiger partial charge in [0.25, 0.3) is 5.91 Å². The highest BCUT2D eigenvalue weighted by atomic mass is 32.2. The van der Waals surface area contributed by atoms with E-state index in [0.29, 0.717) is 0 Å². The maximum absolute atomic E-state index is 14.1. The Kier molecular flexibility index (Phi) is 6.98. The molecule has 1 aromatic carbocycles. The van der Waals surface area contributed by atoms with Crippen LogP contribution in [0.4, 0.5) is 18.9 Å². The van der Waals surface area contributed by atoms with Crippen molar-refractivity contribution in [2.24, 2.45) is 0 Å². The normalized spacial score (nSPS) is 13.5. The van der Waals surface area contributed by atoms with Gasteiger partial charge in [0.2, 0.25) is 0 Å². The lowest BCUT2D eigenvalue weighted by Gasteiger charge is -2.27. The zero-order valence-corrected chi connectivity index (χ0v) is 15.9. The quantitative estimate of drug-likeness (QED) is 0.661. The predicted molar refractivity (Wildman–Crippen MR) is 95.3 cm³/mol. The first-order chi connectivity index (χ1) is 11.8. The van der Waals surface area contributed by atoms with Crippen LogP contribution in [0.2, 0.25) is 0 Å². The first-order valence-corrected chi connectivity index (χ1v) is 9.67. The molecule has 9 heteroatoms. The average molecular weight is 392 g/mol. The fraction of sp³-hybridized carbons (Fsp3) is 0.529. The maximum Gasteiger partial charge on any atom is 0.315 e. The Bertz CT molecular complexity index is 792. The molecule has 0 saturated heterocycles. The summed E-state index contributed by atoms with van der Waals surface area (Å²) < 4.78 is 62.7. The predicted octanol–water partition coefficient (Wildman–Crippen LogP) is 3.76. The van der Waals surface area contributed by atoms with Gasteiger partial charge in [-0.1, -0.05) is 13.8 Å². The summed E-state index contributed by atoms with van der Waals surface area (Å²) in [5, 5.41) is 9.81. The Balaban J connectivity index is 3.12. The second kappa shape index (κ2) is 8.20. The average Bonchev–Trinajstić information content (AvgIpc) is 2.54. The number of sulfone groups is 1. The van der Waals surface area contributed by atoms with Gasteiger partial charge < -0.3 is 10.7 Å². The van der Waals surface area contributed by atoms with Crippen LogP contribution in [-0.2, 0) is 14.6 Å². The molecule has 0 aliphatic carbocycles. The van der Waals surface area contributed by atoms with Gasteiger partial charge in [-0.2, -0.15) is 8.78 Å². The Morgan fingerprint density at radius 1 is 1.31 bits per heavy atom. The van der Waals surface area contributed by atoms with Crippen molar-refractivity contribution in [3.63, 3.8) is 0 Å². The number of benzene rings is 1. The molecule has 1 atom stereocenters. The lowest BCUT2D eigenvalue weighted by Crippen LogP contribution is -2.42. The van der Waals surface area contributed by atoms with E-state index in [2.05, 4.69) is 0 Å². The van der Waals surface area contributed by atoms with E-state index >= 15 is 0 Å². The fourth-order valence-corrected chi connectivity index (χ4v) is 4.21. The van der Waals surface area contributed by atoms with Gasteiger partial charge in [-0.3, -0.25) is 4.79 Å². The van der Waals surface area contributed by atoms with E-state index in [9.17, 15) is 26.4 Å². The molecule has 0 aromatic heterocycles. The summed E-state index contributed by atoms with van der Waals surface area (Å²) in [5.74, 6) is -3.45. The lowest BCUT2D eigenvalue weighted by molar-refractivity contribution is -0.126. The van der Waals surface area contributed by atoms with Crippen molar-refractivity contribution in [3.05, 3.63) is 29.6 Å². The molecular formula is C17H23F3N2O3S. The second-order valence-corrected chi connectivity index (χ2v) is 9.13. The number of hydrogen-bond acceptors (Lipinski definition) is 4. The lowest BCUT2D eigenvalue weighted by atomic mass is 10.0. The molecule has 146 valence electrons. The fourth-order valence-electron chi connectivity index (χ4n) is 2.44. The smallest absolute Gasteiger partial charge is 0.315 e. The number of hydrogen-bond donors (Lipinski definition) is 2. The van der Waals surface area contributed by atoms with E-state index in [-0.39, 0.29) is 23.4 Å². The summed E-state index contributed by atoms with van der Waals surface area (Å²) in [6, 6.07) is 3.25. The number of amides is 1. The van der Waals surface area contributed by atoms with Crippen molar-refractivity contribution < 1.29 is 26.4 Å². The van der Waals surface area contributed by atoms with Crippen LogP contribution in [0.25, 0.3) is 0 Å². The van der Waals surface area contributed by atoms with Crippen LogP contribution in [-0.4, -0.2) is 37.0 Å². The Hall–Kier alpha value is -1.90. The van der Waals surface area contributed by atoms with E-state index in [1.54, 1.807) is 6.92 Å². The molecular weight excluding hydrogens is 369 g/mol. The Morgan fingerprint density at radius 2 is 1.88 bits per heavy atom. The molecule has 1 aromatic rings. The van der Waals surface area contributed by atoms with Gasteiger partial charge in [-0.25, -0.2) is 12.8 Å². The zero-order valence-electron chi connectivity index (χ0n) is 15.1. The molecule has 0 aliphatic rings. The second-order valence-electron chi connectivity index (χ2n) is 6.55. The number of carbonyl (C=O) groups excluding carboxylic acids is 1. The monoisotopic (exact) mass is 392 g/mol. The summed E-state index contributed by atoms with van der Waals surface area (Å²) in [6.07, 6.45) is -2.95. The topological polar surface area (TPSA) is 87.1 Å². The molecule has 26 heavy (non-hydrogen) atoms. The zero-order chi connectivity index (χ0) is 20.3. The van der Waals surface area contributed by atoms with Crippen molar-refractivity contribution >= 4 is 27.1 Å². The summed E-state index contributed by atoms with van der Waals surface area (Å²) in [5.41, 5.74) is -0.0147. The van der Waals surface area contributed by atoms with Crippen LogP contribution < -0.4 is 5.32 Å². The van der Waals surface area contributed by atoms with Crippen molar-refractivity contribution in [3.8, 4) is 0 Å². The number of alkyl halides is 2. The maximum atomic E-state index is 14.1. The van der Waals surface area contributed by atoms with Crippen LogP contribution >= 0.6 is 0 Å². The number of rotatable bonds is 8. The van der Waals surface area contributed by atoms with Crippen molar-refractivity contribution in [1.29, 1.82) is 5.41 Å². The highest BCUT2D eigenvalue weighted by molar-refractivity contribution is 7.93.